The lowest BCUT2D eigenvalue weighted by atomic mass is 10.1. The van der Waals surface area contributed by atoms with Gasteiger partial charge in [-0.15, -0.1) is 0 Å². The summed E-state index contributed by atoms with van der Waals surface area (Å²) in [6, 6.07) is 3.30. The fourth-order valence-electron chi connectivity index (χ4n) is 2.34. The number of hydrogen-bond donors (Lipinski definition) is 3. The van der Waals surface area contributed by atoms with Crippen molar-refractivity contribution in [2.24, 2.45) is 10.7 Å². The van der Waals surface area contributed by atoms with Crippen molar-refractivity contribution < 1.29 is 9.21 Å². The monoisotopic (exact) mass is 324 g/mol. The first-order valence-electron chi connectivity index (χ1n) is 7.57. The van der Waals surface area contributed by atoms with Crippen LogP contribution in [0.4, 0.5) is 0 Å². The molecular formula is C15H24N4O2S. The molecule has 1 saturated heterocycles. The third-order valence-electron chi connectivity index (χ3n) is 3.57. The average molecular weight is 324 g/mol. The lowest BCUT2D eigenvalue weighted by molar-refractivity contribution is 0.0972. The quantitative estimate of drug-likeness (QED) is 0.547. The molecule has 0 aromatic carbocycles. The minimum absolute atomic E-state index is 0.165. The van der Waals surface area contributed by atoms with Crippen molar-refractivity contribution in [3.05, 3.63) is 23.7 Å². The van der Waals surface area contributed by atoms with E-state index in [1.807, 2.05) is 18.7 Å². The maximum atomic E-state index is 11.0. The molecule has 1 aliphatic heterocycles. The normalized spacial score (nSPS) is 21.8. The van der Waals surface area contributed by atoms with Crippen LogP contribution in [0.2, 0.25) is 0 Å². The van der Waals surface area contributed by atoms with E-state index in [1.165, 1.54) is 18.6 Å². The maximum absolute atomic E-state index is 11.0. The van der Waals surface area contributed by atoms with Crippen LogP contribution in [-0.4, -0.2) is 35.5 Å². The molecule has 7 heteroatoms. The van der Waals surface area contributed by atoms with Gasteiger partial charge in [-0.3, -0.25) is 4.79 Å². The summed E-state index contributed by atoms with van der Waals surface area (Å²) in [5.41, 5.74) is 5.17. The molecule has 1 amide bonds. The Morgan fingerprint density at radius 1 is 1.50 bits per heavy atom. The lowest BCUT2D eigenvalue weighted by Crippen LogP contribution is -2.43. The predicted molar refractivity (Wildman–Crippen MR) is 90.1 cm³/mol. The molecule has 0 spiro atoms. The van der Waals surface area contributed by atoms with Gasteiger partial charge in [-0.05, 0) is 44.6 Å². The summed E-state index contributed by atoms with van der Waals surface area (Å²) in [6.45, 7) is 6.36. The number of aliphatic imine (C=N–C) groups is 1. The second kappa shape index (κ2) is 7.58. The Morgan fingerprint density at radius 3 is 2.91 bits per heavy atom. The summed E-state index contributed by atoms with van der Waals surface area (Å²) < 4.78 is 5.61. The first-order chi connectivity index (χ1) is 10.5. The van der Waals surface area contributed by atoms with E-state index in [-0.39, 0.29) is 10.5 Å². The Hall–Kier alpha value is -1.63. The fraction of sp³-hybridized carbons (Fsp3) is 0.600. The fourth-order valence-corrected chi connectivity index (χ4v) is 3.59. The van der Waals surface area contributed by atoms with Gasteiger partial charge in [0.25, 0.3) is 5.91 Å². The number of primary amides is 1. The molecule has 1 aromatic rings. The molecule has 1 unspecified atom stereocenters. The molecule has 0 aliphatic carbocycles. The molecule has 22 heavy (non-hydrogen) atoms. The number of carbonyl (C=O) groups is 1. The van der Waals surface area contributed by atoms with Gasteiger partial charge in [0.15, 0.2) is 11.7 Å². The zero-order chi connectivity index (χ0) is 16.0. The highest BCUT2D eigenvalue weighted by Crippen LogP contribution is 2.36. The highest BCUT2D eigenvalue weighted by Gasteiger charge is 2.29. The van der Waals surface area contributed by atoms with Gasteiger partial charge in [0.2, 0.25) is 0 Å². The first-order valence-corrected chi connectivity index (χ1v) is 8.55. The van der Waals surface area contributed by atoms with Crippen LogP contribution >= 0.6 is 11.8 Å². The van der Waals surface area contributed by atoms with E-state index >= 15 is 0 Å². The van der Waals surface area contributed by atoms with E-state index in [0.717, 1.165) is 19.0 Å². The number of hydrogen-bond acceptors (Lipinski definition) is 4. The van der Waals surface area contributed by atoms with Crippen molar-refractivity contribution in [3.63, 3.8) is 0 Å². The molecular weight excluding hydrogens is 300 g/mol. The number of rotatable bonds is 6. The maximum Gasteiger partial charge on any atom is 0.284 e. The molecule has 4 N–H and O–H groups in total. The summed E-state index contributed by atoms with van der Waals surface area (Å²) >= 11 is 2.01. The van der Waals surface area contributed by atoms with Crippen LogP contribution in [0.3, 0.4) is 0 Å². The van der Waals surface area contributed by atoms with Crippen molar-refractivity contribution in [3.8, 4) is 0 Å². The van der Waals surface area contributed by atoms with Crippen molar-refractivity contribution in [2.75, 3.05) is 18.8 Å². The van der Waals surface area contributed by atoms with Crippen LogP contribution in [0.1, 0.15) is 43.0 Å². The number of furan rings is 1. The second-order valence-corrected chi connectivity index (χ2v) is 7.26. The number of nitrogens with one attached hydrogen (secondary N) is 2. The van der Waals surface area contributed by atoms with Crippen LogP contribution in [-0.2, 0) is 6.54 Å². The smallest absolute Gasteiger partial charge is 0.284 e. The van der Waals surface area contributed by atoms with E-state index in [1.54, 1.807) is 12.1 Å². The van der Waals surface area contributed by atoms with Gasteiger partial charge in [0.1, 0.15) is 12.3 Å². The third kappa shape index (κ3) is 4.69. The van der Waals surface area contributed by atoms with Gasteiger partial charge < -0.3 is 20.8 Å². The molecule has 1 aromatic heterocycles. The summed E-state index contributed by atoms with van der Waals surface area (Å²) in [4.78, 5) is 15.5. The number of thioether (sulfide) groups is 1. The Kier molecular flexibility index (Phi) is 5.76. The van der Waals surface area contributed by atoms with Gasteiger partial charge in [0.05, 0.1) is 0 Å². The van der Waals surface area contributed by atoms with Crippen LogP contribution < -0.4 is 16.4 Å². The molecule has 2 rings (SSSR count). The zero-order valence-corrected chi connectivity index (χ0v) is 14.0. The predicted octanol–water partition coefficient (Wildman–Crippen LogP) is 1.72. The standard InChI is InChI=1S/C15H24N4O2S/c1-3-17-14(19-10-15(2)7-4-8-22-15)18-9-11-5-6-12(21-11)13(16)20/h5-6H,3-4,7-10H2,1-2H3,(H2,16,20)(H2,17,18,19). The number of carbonyl (C=O) groups excluding carboxylic acids is 1. The molecule has 2 heterocycles. The molecule has 0 bridgehead atoms. The second-order valence-electron chi connectivity index (χ2n) is 5.58. The minimum atomic E-state index is -0.563. The molecule has 0 saturated carbocycles. The summed E-state index contributed by atoms with van der Waals surface area (Å²) in [7, 11) is 0. The lowest BCUT2D eigenvalue weighted by Gasteiger charge is -2.24. The van der Waals surface area contributed by atoms with Gasteiger partial charge >= 0.3 is 0 Å². The molecule has 1 atom stereocenters. The Morgan fingerprint density at radius 2 is 2.32 bits per heavy atom. The Balaban J connectivity index is 1.92. The van der Waals surface area contributed by atoms with Crippen LogP contribution in [0.15, 0.2) is 21.5 Å². The third-order valence-corrected chi connectivity index (χ3v) is 5.11. The Labute approximate surface area is 135 Å². The van der Waals surface area contributed by atoms with Crippen molar-refractivity contribution in [2.45, 2.75) is 38.0 Å². The molecule has 1 aliphatic rings. The average Bonchev–Trinajstić information content (AvgIpc) is 3.11. The number of nitrogens with two attached hydrogens (primary N) is 1. The van der Waals surface area contributed by atoms with Crippen LogP contribution in [0.5, 0.6) is 0 Å². The summed E-state index contributed by atoms with van der Waals surface area (Å²) in [5.74, 6) is 2.21. The van der Waals surface area contributed by atoms with Gasteiger partial charge in [-0.1, -0.05) is 0 Å². The first kappa shape index (κ1) is 16.7. The summed E-state index contributed by atoms with van der Waals surface area (Å²) in [6.07, 6.45) is 2.50. The minimum Gasteiger partial charge on any atom is -0.454 e. The van der Waals surface area contributed by atoms with Crippen LogP contribution in [0.25, 0.3) is 0 Å². The van der Waals surface area contributed by atoms with E-state index in [2.05, 4.69) is 22.5 Å². The van der Waals surface area contributed by atoms with Crippen molar-refractivity contribution in [1.29, 1.82) is 0 Å². The van der Waals surface area contributed by atoms with Crippen molar-refractivity contribution >= 4 is 23.6 Å². The number of amides is 1. The number of guanidine groups is 1. The topological polar surface area (TPSA) is 92.6 Å². The highest BCUT2D eigenvalue weighted by atomic mass is 32.2. The summed E-state index contributed by atoms with van der Waals surface area (Å²) in [5, 5.41) is 6.61. The van der Waals surface area contributed by atoms with E-state index in [0.29, 0.717) is 12.3 Å². The van der Waals surface area contributed by atoms with Gasteiger partial charge in [-0.2, -0.15) is 11.8 Å². The van der Waals surface area contributed by atoms with E-state index < -0.39 is 5.91 Å². The SMILES string of the molecule is CCNC(=NCc1ccc(C(N)=O)o1)NCC1(C)CCCS1. The van der Waals surface area contributed by atoms with E-state index in [4.69, 9.17) is 10.2 Å². The molecule has 122 valence electrons. The molecule has 0 radical (unpaired) electrons. The van der Waals surface area contributed by atoms with Crippen LogP contribution in [0, 0.1) is 0 Å². The van der Waals surface area contributed by atoms with Gasteiger partial charge in [-0.25, -0.2) is 4.99 Å². The largest absolute Gasteiger partial charge is 0.454 e. The van der Waals surface area contributed by atoms with E-state index in [9.17, 15) is 4.79 Å². The molecule has 6 nitrogen and oxygen atoms in total. The van der Waals surface area contributed by atoms with Gasteiger partial charge in [0, 0.05) is 17.8 Å². The number of nitrogens with zero attached hydrogens (tertiary/aromatic N) is 1. The zero-order valence-electron chi connectivity index (χ0n) is 13.1. The molecule has 1 fully saturated rings. The van der Waals surface area contributed by atoms with Crippen molar-refractivity contribution in [1.82, 2.24) is 10.6 Å². The Bertz CT molecular complexity index is 535. The highest BCUT2D eigenvalue weighted by molar-refractivity contribution is 8.00.